The van der Waals surface area contributed by atoms with Gasteiger partial charge in [0, 0.05) is 18.1 Å². The molecule has 3 aromatic carbocycles. The molecule has 3 rings (SSSR count). The van der Waals surface area contributed by atoms with Gasteiger partial charge in [0.05, 0.1) is 22.9 Å². The summed E-state index contributed by atoms with van der Waals surface area (Å²) in [6, 6.07) is 19.9. The molecule has 3 aromatic rings. The minimum Gasteiger partial charge on any atom is -0.506 e. The molecule has 0 spiro atoms. The Labute approximate surface area is 198 Å². The number of hydrogen-bond donors (Lipinski definition) is 3. The van der Waals surface area contributed by atoms with Crippen LogP contribution in [0.3, 0.4) is 0 Å². The van der Waals surface area contributed by atoms with Crippen LogP contribution in [0.25, 0.3) is 0 Å². The summed E-state index contributed by atoms with van der Waals surface area (Å²) in [4.78, 5) is 12.1. The third-order valence-corrected chi connectivity index (χ3v) is 6.31. The second kappa shape index (κ2) is 11.7. The average molecular weight is 489 g/mol. The summed E-state index contributed by atoms with van der Waals surface area (Å²) in [5.74, 6) is -0.585. The summed E-state index contributed by atoms with van der Waals surface area (Å²) in [6.07, 6.45) is 1.46. The topological polar surface area (TPSA) is 105 Å². The number of phenolic OH excluding ortho intramolecular Hbond substituents is 1. The lowest BCUT2D eigenvalue weighted by Gasteiger charge is -2.12. The first-order valence-corrected chi connectivity index (χ1v) is 12.2. The molecule has 0 fully saturated rings. The van der Waals surface area contributed by atoms with Crippen LogP contribution in [0.5, 0.6) is 5.75 Å². The van der Waals surface area contributed by atoms with Crippen molar-refractivity contribution in [3.63, 3.8) is 0 Å². The number of carbonyl (C=O) groups is 1. The van der Waals surface area contributed by atoms with Crippen molar-refractivity contribution in [1.82, 2.24) is 0 Å². The van der Waals surface area contributed by atoms with E-state index >= 15 is 0 Å². The maximum atomic E-state index is 12.7. The molecule has 0 saturated carbocycles. The molecule has 1 amide bonds. The summed E-state index contributed by atoms with van der Waals surface area (Å²) in [7, 11) is -3.95. The Bertz CT molecular complexity index is 1190. The Balaban J connectivity index is 1.50. The second-order valence-corrected chi connectivity index (χ2v) is 9.41. The fourth-order valence-electron chi connectivity index (χ4n) is 3.03. The second-order valence-electron chi connectivity index (χ2n) is 7.29. The van der Waals surface area contributed by atoms with Crippen LogP contribution >= 0.6 is 11.6 Å². The molecular formula is C24H25ClN2O5S. The number of nitrogens with one attached hydrogen (secondary N) is 2. The molecule has 0 aromatic heterocycles. The Kier molecular flexibility index (Phi) is 8.71. The molecule has 0 aliphatic heterocycles. The van der Waals surface area contributed by atoms with Gasteiger partial charge in [-0.3, -0.25) is 9.52 Å². The van der Waals surface area contributed by atoms with Crippen LogP contribution in [0, 0.1) is 0 Å². The maximum Gasteiger partial charge on any atom is 0.261 e. The predicted octanol–water partition coefficient (Wildman–Crippen LogP) is 4.82. The monoisotopic (exact) mass is 488 g/mol. The molecule has 0 atom stereocenters. The molecule has 0 radical (unpaired) electrons. The van der Waals surface area contributed by atoms with Crippen molar-refractivity contribution in [3.8, 4) is 5.75 Å². The van der Waals surface area contributed by atoms with E-state index in [0.29, 0.717) is 30.3 Å². The van der Waals surface area contributed by atoms with E-state index in [-0.39, 0.29) is 28.7 Å². The third-order valence-electron chi connectivity index (χ3n) is 4.70. The zero-order chi connectivity index (χ0) is 23.7. The lowest BCUT2D eigenvalue weighted by atomic mass is 10.2. The Hall–Kier alpha value is -3.07. The number of anilines is 2. The first-order valence-electron chi connectivity index (χ1n) is 10.4. The Morgan fingerprint density at radius 3 is 2.52 bits per heavy atom. The smallest absolute Gasteiger partial charge is 0.261 e. The molecule has 33 heavy (non-hydrogen) atoms. The van der Waals surface area contributed by atoms with Gasteiger partial charge in [0.1, 0.15) is 5.75 Å². The van der Waals surface area contributed by atoms with E-state index < -0.39 is 10.0 Å². The van der Waals surface area contributed by atoms with Crippen LogP contribution in [0.2, 0.25) is 5.02 Å². The number of ether oxygens (including phenoxy) is 1. The molecule has 174 valence electrons. The summed E-state index contributed by atoms with van der Waals surface area (Å²) < 4.78 is 33.3. The molecule has 0 saturated heterocycles. The fraction of sp³-hybridized carbons (Fsp3) is 0.208. The largest absolute Gasteiger partial charge is 0.506 e. The van der Waals surface area contributed by atoms with Crippen LogP contribution in [-0.4, -0.2) is 32.6 Å². The van der Waals surface area contributed by atoms with E-state index in [1.165, 1.54) is 29.8 Å². The van der Waals surface area contributed by atoms with Crippen molar-refractivity contribution in [3.05, 3.63) is 83.4 Å². The lowest BCUT2D eigenvalue weighted by Crippen LogP contribution is -2.15. The quantitative estimate of drug-likeness (QED) is 0.265. The fourth-order valence-corrected chi connectivity index (χ4v) is 4.30. The highest BCUT2D eigenvalue weighted by Crippen LogP contribution is 2.28. The van der Waals surface area contributed by atoms with Crippen LogP contribution < -0.4 is 10.0 Å². The van der Waals surface area contributed by atoms with E-state index in [4.69, 9.17) is 16.3 Å². The van der Waals surface area contributed by atoms with E-state index in [1.807, 2.05) is 30.3 Å². The number of sulfonamides is 1. The van der Waals surface area contributed by atoms with Gasteiger partial charge in [0.2, 0.25) is 5.91 Å². The molecule has 0 aliphatic carbocycles. The predicted molar refractivity (Wildman–Crippen MR) is 129 cm³/mol. The van der Waals surface area contributed by atoms with Gasteiger partial charge in [0.15, 0.2) is 0 Å². The minimum absolute atomic E-state index is 0.0129. The van der Waals surface area contributed by atoms with Crippen LogP contribution in [-0.2, 0) is 26.0 Å². The normalized spacial score (nSPS) is 11.2. The number of hydrogen-bond acceptors (Lipinski definition) is 5. The first-order chi connectivity index (χ1) is 15.8. The number of benzene rings is 3. The molecular weight excluding hydrogens is 464 g/mol. The number of halogens is 1. The highest BCUT2D eigenvalue weighted by atomic mass is 35.5. The number of rotatable bonds is 11. The maximum absolute atomic E-state index is 12.7. The molecule has 0 aliphatic rings. The van der Waals surface area contributed by atoms with Crippen LogP contribution in [0.4, 0.5) is 11.4 Å². The van der Waals surface area contributed by atoms with Crippen molar-refractivity contribution in [1.29, 1.82) is 0 Å². The highest BCUT2D eigenvalue weighted by Gasteiger charge is 2.17. The van der Waals surface area contributed by atoms with Crippen LogP contribution in [0.1, 0.15) is 18.4 Å². The van der Waals surface area contributed by atoms with Gasteiger partial charge in [-0.15, -0.1) is 0 Å². The Morgan fingerprint density at radius 1 is 0.970 bits per heavy atom. The highest BCUT2D eigenvalue weighted by molar-refractivity contribution is 7.92. The van der Waals surface area contributed by atoms with Crippen molar-refractivity contribution in [2.24, 2.45) is 0 Å². The summed E-state index contributed by atoms with van der Waals surface area (Å²) in [5, 5.41) is 13.0. The molecule has 9 heteroatoms. The number of amides is 1. The Morgan fingerprint density at radius 2 is 1.76 bits per heavy atom. The van der Waals surface area contributed by atoms with Gasteiger partial charge in [-0.05, 0) is 54.8 Å². The zero-order valence-electron chi connectivity index (χ0n) is 17.8. The van der Waals surface area contributed by atoms with Crippen molar-refractivity contribution < 1.29 is 23.1 Å². The summed E-state index contributed by atoms with van der Waals surface area (Å²) in [6.45, 7) is 0.982. The van der Waals surface area contributed by atoms with E-state index in [9.17, 15) is 18.3 Å². The van der Waals surface area contributed by atoms with Gasteiger partial charge in [0.25, 0.3) is 10.0 Å². The zero-order valence-corrected chi connectivity index (χ0v) is 19.4. The lowest BCUT2D eigenvalue weighted by molar-refractivity contribution is -0.116. The van der Waals surface area contributed by atoms with Crippen molar-refractivity contribution >= 4 is 38.9 Å². The molecule has 3 N–H and O–H groups in total. The molecule has 0 unspecified atom stereocenters. The number of carbonyl (C=O) groups excluding carboxylic acids is 1. The molecule has 0 bridgehead atoms. The van der Waals surface area contributed by atoms with Gasteiger partial charge in [-0.25, -0.2) is 8.42 Å². The van der Waals surface area contributed by atoms with Crippen molar-refractivity contribution in [2.75, 3.05) is 23.3 Å². The first kappa shape index (κ1) is 24.6. The minimum atomic E-state index is -3.95. The number of phenols is 1. The van der Waals surface area contributed by atoms with Crippen molar-refractivity contribution in [2.45, 2.75) is 24.2 Å². The third kappa shape index (κ3) is 7.78. The molecule has 0 heterocycles. The van der Waals surface area contributed by atoms with E-state index in [0.717, 1.165) is 6.42 Å². The van der Waals surface area contributed by atoms with Gasteiger partial charge in [-0.2, -0.15) is 0 Å². The van der Waals surface area contributed by atoms with Gasteiger partial charge < -0.3 is 15.2 Å². The SMILES string of the molecule is O=C(CCCOCCc1ccccc1)Nc1cc(S(=O)(=O)Nc2cccc(Cl)c2)ccc1O. The van der Waals surface area contributed by atoms with E-state index in [2.05, 4.69) is 10.0 Å². The molecule has 7 nitrogen and oxygen atoms in total. The number of aromatic hydroxyl groups is 1. The average Bonchev–Trinajstić information content (AvgIpc) is 2.78. The summed E-state index contributed by atoms with van der Waals surface area (Å²) in [5.41, 5.74) is 1.50. The standard InChI is InChI=1S/C24H25ClN2O5S/c25-19-8-4-9-20(16-19)27-33(30,31)21-11-12-23(28)22(17-21)26-24(29)10-5-14-32-15-13-18-6-2-1-3-7-18/h1-4,6-9,11-12,16-17,27-28H,5,10,13-15H2,(H,26,29). The van der Waals surface area contributed by atoms with E-state index in [1.54, 1.807) is 18.2 Å². The van der Waals surface area contributed by atoms with Gasteiger partial charge >= 0.3 is 0 Å². The van der Waals surface area contributed by atoms with Crippen LogP contribution in [0.15, 0.2) is 77.7 Å². The summed E-state index contributed by atoms with van der Waals surface area (Å²) >= 11 is 5.90. The van der Waals surface area contributed by atoms with Gasteiger partial charge in [-0.1, -0.05) is 48.0 Å².